The highest BCUT2D eigenvalue weighted by molar-refractivity contribution is 5.43. The monoisotopic (exact) mass is 286 g/mol. The molecular formula is C16H15FN2O2. The van der Waals surface area contributed by atoms with Crippen LogP contribution in [-0.4, -0.2) is 13.2 Å². The van der Waals surface area contributed by atoms with Crippen LogP contribution < -0.4 is 15.2 Å². The molecule has 0 heterocycles. The Bertz CT molecular complexity index is 653. The van der Waals surface area contributed by atoms with Crippen molar-refractivity contribution >= 4 is 5.69 Å². The number of halogens is 1. The largest absolute Gasteiger partial charge is 0.493 e. The molecule has 2 aromatic rings. The third kappa shape index (κ3) is 4.39. The van der Waals surface area contributed by atoms with Crippen LogP contribution in [0.15, 0.2) is 42.5 Å². The molecule has 0 aromatic heterocycles. The second kappa shape index (κ2) is 7.15. The third-order valence-electron chi connectivity index (χ3n) is 2.75. The van der Waals surface area contributed by atoms with Gasteiger partial charge in [0.25, 0.3) is 0 Å². The first-order valence-electron chi connectivity index (χ1n) is 6.50. The fourth-order valence-electron chi connectivity index (χ4n) is 1.72. The molecule has 0 radical (unpaired) electrons. The molecule has 108 valence electrons. The topological polar surface area (TPSA) is 68.3 Å². The Morgan fingerprint density at radius 1 is 1.05 bits per heavy atom. The maximum atomic E-state index is 13.3. The van der Waals surface area contributed by atoms with Crippen LogP contribution in [0, 0.1) is 17.1 Å². The van der Waals surface area contributed by atoms with E-state index in [1.54, 1.807) is 24.3 Å². The molecule has 0 bridgehead atoms. The Labute approximate surface area is 122 Å². The minimum absolute atomic E-state index is 0.00681. The van der Waals surface area contributed by atoms with E-state index in [1.165, 1.54) is 12.1 Å². The Morgan fingerprint density at radius 2 is 1.76 bits per heavy atom. The van der Waals surface area contributed by atoms with Gasteiger partial charge in [-0.2, -0.15) is 5.26 Å². The number of anilines is 1. The molecule has 0 saturated heterocycles. The second-order valence-corrected chi connectivity index (χ2v) is 4.38. The van der Waals surface area contributed by atoms with Crippen molar-refractivity contribution < 1.29 is 13.9 Å². The number of nitrogen functional groups attached to an aromatic ring is 1. The molecule has 0 saturated carbocycles. The van der Waals surface area contributed by atoms with Crippen LogP contribution in [0.25, 0.3) is 0 Å². The first-order chi connectivity index (χ1) is 10.2. The number of ether oxygens (including phenoxy) is 2. The summed E-state index contributed by atoms with van der Waals surface area (Å²) in [5.41, 5.74) is 6.30. The number of nitrogens with zero attached hydrogens (tertiary/aromatic N) is 1. The number of nitrogens with two attached hydrogens (primary N) is 1. The average Bonchev–Trinajstić information content (AvgIpc) is 2.47. The van der Waals surface area contributed by atoms with Crippen molar-refractivity contribution in [2.45, 2.75) is 6.42 Å². The minimum Gasteiger partial charge on any atom is -0.493 e. The van der Waals surface area contributed by atoms with Gasteiger partial charge in [-0.25, -0.2) is 4.39 Å². The van der Waals surface area contributed by atoms with Crippen LogP contribution in [0.1, 0.15) is 12.0 Å². The van der Waals surface area contributed by atoms with Gasteiger partial charge < -0.3 is 15.2 Å². The van der Waals surface area contributed by atoms with Crippen LogP contribution >= 0.6 is 0 Å². The number of benzene rings is 2. The normalized spacial score (nSPS) is 9.90. The molecule has 5 heteroatoms. The van der Waals surface area contributed by atoms with Gasteiger partial charge in [-0.05, 0) is 24.3 Å². The van der Waals surface area contributed by atoms with Gasteiger partial charge in [-0.1, -0.05) is 6.07 Å². The van der Waals surface area contributed by atoms with Crippen molar-refractivity contribution in [1.29, 1.82) is 5.26 Å². The molecule has 0 aliphatic carbocycles. The Kier molecular flexibility index (Phi) is 4.99. The van der Waals surface area contributed by atoms with E-state index >= 15 is 0 Å². The molecule has 2 rings (SSSR count). The van der Waals surface area contributed by atoms with Gasteiger partial charge >= 0.3 is 0 Å². The fraction of sp³-hybridized carbons (Fsp3) is 0.188. The summed E-state index contributed by atoms with van der Waals surface area (Å²) in [7, 11) is 0. The molecule has 0 aliphatic rings. The van der Waals surface area contributed by atoms with Crippen LogP contribution in [0.2, 0.25) is 0 Å². The van der Waals surface area contributed by atoms with E-state index in [4.69, 9.17) is 20.5 Å². The first kappa shape index (κ1) is 14.7. The summed E-state index contributed by atoms with van der Waals surface area (Å²) in [6, 6.07) is 13.1. The third-order valence-corrected chi connectivity index (χ3v) is 2.75. The standard InChI is InChI=1S/C16H15FN2O2/c17-16-10-15(6-5-12(16)11-18)21-8-2-7-20-14-4-1-3-13(19)9-14/h1,3-6,9-10H,2,7-8,19H2. The summed E-state index contributed by atoms with van der Waals surface area (Å²) in [4.78, 5) is 0. The highest BCUT2D eigenvalue weighted by Crippen LogP contribution is 2.17. The highest BCUT2D eigenvalue weighted by atomic mass is 19.1. The summed E-state index contributed by atoms with van der Waals surface area (Å²) >= 11 is 0. The summed E-state index contributed by atoms with van der Waals surface area (Å²) in [5, 5.41) is 8.63. The van der Waals surface area contributed by atoms with Gasteiger partial charge in [0.1, 0.15) is 23.4 Å². The Hall–Kier alpha value is -2.74. The number of rotatable bonds is 6. The Balaban J connectivity index is 1.73. The lowest BCUT2D eigenvalue weighted by Gasteiger charge is -2.08. The predicted octanol–water partition coefficient (Wildman–Crippen LogP) is 3.13. The van der Waals surface area contributed by atoms with Gasteiger partial charge in [-0.15, -0.1) is 0 Å². The van der Waals surface area contributed by atoms with E-state index in [-0.39, 0.29) is 5.56 Å². The van der Waals surface area contributed by atoms with Crippen molar-refractivity contribution in [2.75, 3.05) is 18.9 Å². The van der Waals surface area contributed by atoms with Crippen molar-refractivity contribution in [3.63, 3.8) is 0 Å². The molecule has 0 unspecified atom stereocenters. The van der Waals surface area contributed by atoms with Gasteiger partial charge in [0.05, 0.1) is 18.8 Å². The van der Waals surface area contributed by atoms with E-state index < -0.39 is 5.82 Å². The van der Waals surface area contributed by atoms with Crippen molar-refractivity contribution in [1.82, 2.24) is 0 Å². The van der Waals surface area contributed by atoms with Crippen LogP contribution in [0.5, 0.6) is 11.5 Å². The lowest BCUT2D eigenvalue weighted by atomic mass is 10.2. The SMILES string of the molecule is N#Cc1ccc(OCCCOc2cccc(N)c2)cc1F. The van der Waals surface area contributed by atoms with Gasteiger partial charge in [0.15, 0.2) is 0 Å². The van der Waals surface area contributed by atoms with Gasteiger partial charge in [0.2, 0.25) is 0 Å². The number of hydrogen-bond donors (Lipinski definition) is 1. The summed E-state index contributed by atoms with van der Waals surface area (Å²) in [6.45, 7) is 0.871. The molecule has 0 aliphatic heterocycles. The Morgan fingerprint density at radius 3 is 2.38 bits per heavy atom. The number of hydrogen-bond acceptors (Lipinski definition) is 4. The molecular weight excluding hydrogens is 271 g/mol. The molecule has 0 fully saturated rings. The molecule has 4 nitrogen and oxygen atoms in total. The van der Waals surface area contributed by atoms with E-state index in [1.807, 2.05) is 12.1 Å². The van der Waals surface area contributed by atoms with Gasteiger partial charge in [-0.3, -0.25) is 0 Å². The predicted molar refractivity (Wildman–Crippen MR) is 77.6 cm³/mol. The van der Waals surface area contributed by atoms with E-state index in [9.17, 15) is 4.39 Å². The zero-order valence-corrected chi connectivity index (χ0v) is 11.4. The van der Waals surface area contributed by atoms with Crippen LogP contribution in [0.3, 0.4) is 0 Å². The smallest absolute Gasteiger partial charge is 0.144 e. The molecule has 0 atom stereocenters. The van der Waals surface area contributed by atoms with Crippen molar-refractivity contribution in [3.8, 4) is 17.6 Å². The molecule has 0 spiro atoms. The highest BCUT2D eigenvalue weighted by Gasteiger charge is 2.03. The van der Waals surface area contributed by atoms with E-state index in [0.29, 0.717) is 36.8 Å². The quantitative estimate of drug-likeness (QED) is 0.654. The maximum absolute atomic E-state index is 13.3. The second-order valence-electron chi connectivity index (χ2n) is 4.38. The van der Waals surface area contributed by atoms with Crippen LogP contribution in [0.4, 0.5) is 10.1 Å². The lowest BCUT2D eigenvalue weighted by Crippen LogP contribution is -2.05. The fourth-order valence-corrected chi connectivity index (χ4v) is 1.72. The van der Waals surface area contributed by atoms with E-state index in [0.717, 1.165) is 0 Å². The maximum Gasteiger partial charge on any atom is 0.144 e. The lowest BCUT2D eigenvalue weighted by molar-refractivity contribution is 0.247. The molecule has 21 heavy (non-hydrogen) atoms. The molecule has 2 N–H and O–H groups in total. The zero-order chi connectivity index (χ0) is 15.1. The van der Waals surface area contributed by atoms with Crippen molar-refractivity contribution in [3.05, 3.63) is 53.8 Å². The average molecular weight is 286 g/mol. The zero-order valence-electron chi connectivity index (χ0n) is 11.4. The summed E-state index contributed by atoms with van der Waals surface area (Å²) in [5.74, 6) is 0.529. The summed E-state index contributed by atoms with van der Waals surface area (Å²) in [6.07, 6.45) is 0.649. The molecule has 0 amide bonds. The van der Waals surface area contributed by atoms with E-state index in [2.05, 4.69) is 0 Å². The minimum atomic E-state index is -0.578. The van der Waals surface area contributed by atoms with Gasteiger partial charge in [0, 0.05) is 24.2 Å². The molecule has 2 aromatic carbocycles. The number of nitriles is 1. The van der Waals surface area contributed by atoms with Crippen LogP contribution in [-0.2, 0) is 0 Å². The summed E-state index contributed by atoms with van der Waals surface area (Å²) < 4.78 is 24.2. The van der Waals surface area contributed by atoms with Crippen molar-refractivity contribution in [2.24, 2.45) is 0 Å². The first-order valence-corrected chi connectivity index (χ1v) is 6.50.